The second kappa shape index (κ2) is 5.95. The molecule has 1 unspecified atom stereocenters. The van der Waals surface area contributed by atoms with Crippen molar-refractivity contribution in [2.45, 2.75) is 30.0 Å². The molecule has 0 heterocycles. The van der Waals surface area contributed by atoms with Gasteiger partial charge in [0.2, 0.25) is 9.84 Å². The van der Waals surface area contributed by atoms with Crippen LogP contribution in [0, 0.1) is 0 Å². The number of halogens is 2. The van der Waals surface area contributed by atoms with Crippen LogP contribution in [0.3, 0.4) is 0 Å². The van der Waals surface area contributed by atoms with Gasteiger partial charge in [0.25, 0.3) is 0 Å². The Labute approximate surface area is 105 Å². The minimum absolute atomic E-state index is 0.139. The van der Waals surface area contributed by atoms with Crippen LogP contribution in [-0.2, 0) is 9.84 Å². The average Bonchev–Trinajstić information content (AvgIpc) is 2.29. The topological polar surface area (TPSA) is 46.2 Å². The van der Waals surface area contributed by atoms with E-state index in [-0.39, 0.29) is 10.9 Å². The third-order valence-corrected chi connectivity index (χ3v) is 3.75. The fourth-order valence-electron chi connectivity index (χ4n) is 1.44. The molecule has 0 aliphatic rings. The Hall–Kier alpha value is -1.43. The molecule has 1 N–H and O–H groups in total. The molecule has 0 fully saturated rings. The number of alkyl halides is 2. The van der Waals surface area contributed by atoms with E-state index < -0.39 is 15.6 Å². The minimum atomic E-state index is -4.51. The largest absolute Gasteiger partial charge is 0.382 e. The Morgan fingerprint density at radius 1 is 1.33 bits per heavy atom. The van der Waals surface area contributed by atoms with Crippen LogP contribution in [0.2, 0.25) is 0 Å². The molecular weight excluding hydrogens is 260 g/mol. The highest BCUT2D eigenvalue weighted by atomic mass is 32.2. The molecule has 1 aromatic carbocycles. The van der Waals surface area contributed by atoms with Crippen molar-refractivity contribution in [3.63, 3.8) is 0 Å². The molecule has 3 nitrogen and oxygen atoms in total. The first-order valence-electron chi connectivity index (χ1n) is 5.37. The van der Waals surface area contributed by atoms with Crippen molar-refractivity contribution in [3.05, 3.63) is 36.9 Å². The summed E-state index contributed by atoms with van der Waals surface area (Å²) >= 11 is 0. The summed E-state index contributed by atoms with van der Waals surface area (Å²) in [5.74, 6) is -3.39. The standard InChI is InChI=1S/C12H15F2NO2S/c1-3-4-9(2)15-10-5-7-11(8-6-10)18(16,17)12(13)14/h3,5-9,12,15H,1,4H2,2H3. The molecule has 1 atom stereocenters. The molecule has 18 heavy (non-hydrogen) atoms. The molecular formula is C12H15F2NO2S. The summed E-state index contributed by atoms with van der Waals surface area (Å²) in [6.45, 7) is 5.54. The Kier molecular flexibility index (Phi) is 4.84. The van der Waals surface area contributed by atoms with Crippen LogP contribution in [0.15, 0.2) is 41.8 Å². The zero-order valence-electron chi connectivity index (χ0n) is 9.94. The quantitative estimate of drug-likeness (QED) is 0.812. The number of nitrogens with one attached hydrogen (secondary N) is 1. The maximum absolute atomic E-state index is 12.3. The highest BCUT2D eigenvalue weighted by molar-refractivity contribution is 7.91. The molecule has 0 aliphatic carbocycles. The summed E-state index contributed by atoms with van der Waals surface area (Å²) in [7, 11) is -4.51. The third-order valence-electron chi connectivity index (χ3n) is 2.35. The molecule has 100 valence electrons. The van der Waals surface area contributed by atoms with E-state index in [1.54, 1.807) is 6.08 Å². The van der Waals surface area contributed by atoms with E-state index in [0.717, 1.165) is 6.42 Å². The van der Waals surface area contributed by atoms with Gasteiger partial charge in [-0.2, -0.15) is 8.78 Å². The first-order valence-corrected chi connectivity index (χ1v) is 6.92. The van der Waals surface area contributed by atoms with Crippen LogP contribution in [0.4, 0.5) is 14.5 Å². The van der Waals surface area contributed by atoms with Gasteiger partial charge in [0.05, 0.1) is 4.90 Å². The highest BCUT2D eigenvalue weighted by Crippen LogP contribution is 2.20. The number of sulfone groups is 1. The SMILES string of the molecule is C=CCC(C)Nc1ccc(S(=O)(=O)C(F)F)cc1. The van der Waals surface area contributed by atoms with Gasteiger partial charge in [-0.15, -0.1) is 6.58 Å². The lowest BCUT2D eigenvalue weighted by molar-refractivity contribution is 0.234. The smallest absolute Gasteiger partial charge is 0.341 e. The van der Waals surface area contributed by atoms with Crippen molar-refractivity contribution in [1.29, 1.82) is 0 Å². The predicted molar refractivity (Wildman–Crippen MR) is 67.5 cm³/mol. The Morgan fingerprint density at radius 2 is 1.89 bits per heavy atom. The van der Waals surface area contributed by atoms with Crippen LogP contribution in [-0.4, -0.2) is 20.2 Å². The van der Waals surface area contributed by atoms with Gasteiger partial charge >= 0.3 is 5.76 Å². The molecule has 0 amide bonds. The molecule has 0 spiro atoms. The number of hydrogen-bond donors (Lipinski definition) is 1. The van der Waals surface area contributed by atoms with E-state index in [2.05, 4.69) is 11.9 Å². The monoisotopic (exact) mass is 275 g/mol. The summed E-state index contributed by atoms with van der Waals surface area (Å²) in [5.41, 5.74) is 0.678. The van der Waals surface area contributed by atoms with Gasteiger partial charge in [-0.25, -0.2) is 8.42 Å². The first kappa shape index (κ1) is 14.6. The molecule has 0 saturated heterocycles. The summed E-state index contributed by atoms with van der Waals surface area (Å²) in [6.07, 6.45) is 2.50. The second-order valence-corrected chi connectivity index (χ2v) is 5.82. The lowest BCUT2D eigenvalue weighted by Gasteiger charge is -2.13. The number of anilines is 1. The van der Waals surface area contributed by atoms with Gasteiger partial charge in [0.1, 0.15) is 0 Å². The van der Waals surface area contributed by atoms with Gasteiger partial charge in [0.15, 0.2) is 0 Å². The summed E-state index contributed by atoms with van der Waals surface area (Å²) in [6, 6.07) is 5.42. The van der Waals surface area contributed by atoms with Gasteiger partial charge < -0.3 is 5.32 Å². The molecule has 0 aliphatic heterocycles. The van der Waals surface area contributed by atoms with E-state index in [0.29, 0.717) is 5.69 Å². The normalized spacial score (nSPS) is 13.3. The van der Waals surface area contributed by atoms with Crippen molar-refractivity contribution >= 4 is 15.5 Å². The van der Waals surface area contributed by atoms with Gasteiger partial charge in [-0.3, -0.25) is 0 Å². The maximum Gasteiger partial charge on any atom is 0.341 e. The Balaban J connectivity index is 2.84. The zero-order valence-corrected chi connectivity index (χ0v) is 10.8. The summed E-state index contributed by atoms with van der Waals surface area (Å²) < 4.78 is 47.0. The van der Waals surface area contributed by atoms with E-state index >= 15 is 0 Å². The van der Waals surface area contributed by atoms with Crippen molar-refractivity contribution < 1.29 is 17.2 Å². The molecule has 1 aromatic rings. The minimum Gasteiger partial charge on any atom is -0.382 e. The third kappa shape index (κ3) is 3.53. The summed E-state index contributed by atoms with van der Waals surface area (Å²) in [4.78, 5) is -0.376. The summed E-state index contributed by atoms with van der Waals surface area (Å²) in [5, 5.41) is 3.10. The van der Waals surface area contributed by atoms with Gasteiger partial charge in [-0.05, 0) is 37.6 Å². The number of benzene rings is 1. The predicted octanol–water partition coefficient (Wildman–Crippen LogP) is 3.06. The fourth-order valence-corrected chi connectivity index (χ4v) is 2.16. The maximum atomic E-state index is 12.3. The molecule has 0 aromatic heterocycles. The van der Waals surface area contributed by atoms with Crippen LogP contribution in [0.1, 0.15) is 13.3 Å². The molecule has 6 heteroatoms. The van der Waals surface area contributed by atoms with Crippen LogP contribution < -0.4 is 5.32 Å². The molecule has 0 saturated carbocycles. The lowest BCUT2D eigenvalue weighted by Crippen LogP contribution is -2.14. The van der Waals surface area contributed by atoms with E-state index in [1.807, 2.05) is 6.92 Å². The van der Waals surface area contributed by atoms with E-state index in [9.17, 15) is 17.2 Å². The molecule has 0 bridgehead atoms. The van der Waals surface area contributed by atoms with E-state index in [4.69, 9.17) is 0 Å². The van der Waals surface area contributed by atoms with Gasteiger partial charge in [-0.1, -0.05) is 6.08 Å². The zero-order chi connectivity index (χ0) is 13.8. The van der Waals surface area contributed by atoms with E-state index in [1.165, 1.54) is 24.3 Å². The Bertz CT molecular complexity index is 497. The molecule has 0 radical (unpaired) electrons. The molecule has 1 rings (SSSR count). The highest BCUT2D eigenvalue weighted by Gasteiger charge is 2.26. The number of rotatable bonds is 6. The fraction of sp³-hybridized carbons (Fsp3) is 0.333. The van der Waals surface area contributed by atoms with Crippen molar-refractivity contribution in [1.82, 2.24) is 0 Å². The van der Waals surface area contributed by atoms with Crippen molar-refractivity contribution in [3.8, 4) is 0 Å². The van der Waals surface area contributed by atoms with Crippen LogP contribution >= 0.6 is 0 Å². The Morgan fingerprint density at radius 3 is 2.33 bits per heavy atom. The van der Waals surface area contributed by atoms with Crippen LogP contribution in [0.25, 0.3) is 0 Å². The van der Waals surface area contributed by atoms with Crippen molar-refractivity contribution in [2.24, 2.45) is 0 Å². The first-order chi connectivity index (χ1) is 8.37. The average molecular weight is 275 g/mol. The number of hydrogen-bond acceptors (Lipinski definition) is 3. The van der Waals surface area contributed by atoms with Crippen molar-refractivity contribution in [2.75, 3.05) is 5.32 Å². The lowest BCUT2D eigenvalue weighted by atomic mass is 10.2. The van der Waals surface area contributed by atoms with Gasteiger partial charge in [0, 0.05) is 11.7 Å². The second-order valence-electron chi connectivity index (χ2n) is 3.90. The van der Waals surface area contributed by atoms with Crippen LogP contribution in [0.5, 0.6) is 0 Å².